The van der Waals surface area contributed by atoms with Gasteiger partial charge in [-0.05, 0) is 15.9 Å². The van der Waals surface area contributed by atoms with Crippen LogP contribution >= 0.6 is 27.5 Å². The molecule has 0 saturated heterocycles. The van der Waals surface area contributed by atoms with Crippen molar-refractivity contribution in [2.24, 2.45) is 0 Å². The summed E-state index contributed by atoms with van der Waals surface area (Å²) in [5, 5.41) is 3.16. The number of hydrogen-bond donors (Lipinski definition) is 1. The fourth-order valence-corrected chi connectivity index (χ4v) is 1.36. The summed E-state index contributed by atoms with van der Waals surface area (Å²) in [6.07, 6.45) is -1.14. The zero-order chi connectivity index (χ0) is 12.0. The summed E-state index contributed by atoms with van der Waals surface area (Å²) >= 11 is 8.92. The van der Waals surface area contributed by atoms with E-state index in [0.717, 1.165) is 0 Å². The Hall–Kier alpha value is -0.530. The molecule has 0 bridgehead atoms. The summed E-state index contributed by atoms with van der Waals surface area (Å²) in [5.74, 6) is 0.501. The molecule has 0 aliphatic carbocycles. The standard InChI is InChI=1S/C8H9BrClF2N3O/c9-6-7(10)14-4-15-8(6)13-1-2-16-3-5(11)12/h4-5H,1-3H2,(H,13,14,15). The molecule has 1 N–H and O–H groups in total. The van der Waals surface area contributed by atoms with Crippen LogP contribution < -0.4 is 5.32 Å². The molecule has 0 atom stereocenters. The van der Waals surface area contributed by atoms with Gasteiger partial charge in [-0.2, -0.15) is 0 Å². The first-order valence-electron chi connectivity index (χ1n) is 4.37. The van der Waals surface area contributed by atoms with E-state index in [2.05, 4.69) is 36.0 Å². The zero-order valence-corrected chi connectivity index (χ0v) is 10.4. The second kappa shape index (κ2) is 6.93. The van der Waals surface area contributed by atoms with Gasteiger partial charge >= 0.3 is 0 Å². The Kier molecular flexibility index (Phi) is 5.86. The molecule has 0 fully saturated rings. The van der Waals surface area contributed by atoms with Gasteiger partial charge in [-0.25, -0.2) is 18.7 Å². The molecule has 0 amide bonds. The van der Waals surface area contributed by atoms with Gasteiger partial charge in [-0.3, -0.25) is 0 Å². The number of anilines is 1. The van der Waals surface area contributed by atoms with Gasteiger partial charge in [0.1, 0.15) is 23.9 Å². The minimum absolute atomic E-state index is 0.165. The van der Waals surface area contributed by atoms with Crippen LogP contribution in [0.3, 0.4) is 0 Å². The van der Waals surface area contributed by atoms with Crippen molar-refractivity contribution in [1.82, 2.24) is 9.97 Å². The van der Waals surface area contributed by atoms with Crippen LogP contribution in [0.2, 0.25) is 5.15 Å². The summed E-state index contributed by atoms with van der Waals surface area (Å²) in [5.41, 5.74) is 0. The van der Waals surface area contributed by atoms with E-state index < -0.39 is 13.0 Å². The maximum atomic E-state index is 11.7. The molecule has 4 nitrogen and oxygen atoms in total. The molecule has 0 saturated carbocycles. The molecule has 1 aromatic rings. The average molecular weight is 317 g/mol. The predicted octanol–water partition coefficient (Wildman–Crippen LogP) is 2.59. The van der Waals surface area contributed by atoms with E-state index in [1.54, 1.807) is 0 Å². The van der Waals surface area contributed by atoms with Crippen LogP contribution in [0.25, 0.3) is 0 Å². The van der Waals surface area contributed by atoms with Gasteiger partial charge in [0.25, 0.3) is 6.43 Å². The van der Waals surface area contributed by atoms with Gasteiger partial charge < -0.3 is 10.1 Å². The SMILES string of the molecule is FC(F)COCCNc1ncnc(Cl)c1Br. The van der Waals surface area contributed by atoms with Crippen LogP contribution in [0, 0.1) is 0 Å². The third kappa shape index (κ3) is 4.54. The molecule has 0 unspecified atom stereocenters. The maximum Gasteiger partial charge on any atom is 0.261 e. The van der Waals surface area contributed by atoms with Crippen molar-refractivity contribution in [2.45, 2.75) is 6.43 Å². The third-order valence-corrected chi connectivity index (χ3v) is 2.80. The molecule has 16 heavy (non-hydrogen) atoms. The molecule has 0 spiro atoms. The Morgan fingerprint density at radius 2 is 2.25 bits per heavy atom. The summed E-state index contributed by atoms with van der Waals surface area (Å²) in [6, 6.07) is 0. The highest BCUT2D eigenvalue weighted by Gasteiger charge is 2.06. The lowest BCUT2D eigenvalue weighted by atomic mass is 10.5. The van der Waals surface area contributed by atoms with E-state index in [0.29, 0.717) is 16.8 Å². The molecule has 90 valence electrons. The van der Waals surface area contributed by atoms with Crippen molar-refractivity contribution in [1.29, 1.82) is 0 Å². The first-order chi connectivity index (χ1) is 7.61. The number of halogens is 4. The highest BCUT2D eigenvalue weighted by atomic mass is 79.9. The monoisotopic (exact) mass is 315 g/mol. The normalized spacial score (nSPS) is 10.8. The molecule has 1 heterocycles. The van der Waals surface area contributed by atoms with E-state index in [1.165, 1.54) is 6.33 Å². The Morgan fingerprint density at radius 3 is 2.94 bits per heavy atom. The van der Waals surface area contributed by atoms with E-state index in [-0.39, 0.29) is 11.8 Å². The van der Waals surface area contributed by atoms with Gasteiger partial charge in [-0.1, -0.05) is 11.6 Å². The second-order valence-electron chi connectivity index (χ2n) is 2.72. The number of nitrogens with zero attached hydrogens (tertiary/aromatic N) is 2. The van der Waals surface area contributed by atoms with E-state index in [1.807, 2.05) is 0 Å². The van der Waals surface area contributed by atoms with E-state index >= 15 is 0 Å². The van der Waals surface area contributed by atoms with Gasteiger partial charge in [0.15, 0.2) is 0 Å². The molecule has 8 heteroatoms. The molecule has 0 aliphatic heterocycles. The van der Waals surface area contributed by atoms with Gasteiger partial charge in [-0.15, -0.1) is 0 Å². The predicted molar refractivity (Wildman–Crippen MR) is 60.1 cm³/mol. The number of nitrogens with one attached hydrogen (secondary N) is 1. The number of rotatable bonds is 6. The van der Waals surface area contributed by atoms with Gasteiger partial charge in [0.05, 0.1) is 11.1 Å². The Labute approximate surface area is 104 Å². The zero-order valence-electron chi connectivity index (χ0n) is 8.09. The first-order valence-corrected chi connectivity index (χ1v) is 5.54. The van der Waals surface area contributed by atoms with Crippen LogP contribution in [0.5, 0.6) is 0 Å². The fourth-order valence-electron chi connectivity index (χ4n) is 0.886. The average Bonchev–Trinajstić information content (AvgIpc) is 2.23. The lowest BCUT2D eigenvalue weighted by Crippen LogP contribution is -2.14. The minimum atomic E-state index is -2.44. The first kappa shape index (κ1) is 13.5. The summed E-state index contributed by atoms with van der Waals surface area (Å²) in [6.45, 7) is -0.0373. The summed E-state index contributed by atoms with van der Waals surface area (Å²) in [4.78, 5) is 7.66. The Morgan fingerprint density at radius 1 is 1.50 bits per heavy atom. The van der Waals surface area contributed by atoms with Gasteiger partial charge in [0, 0.05) is 6.54 Å². The quantitative estimate of drug-likeness (QED) is 0.647. The summed E-state index contributed by atoms with van der Waals surface area (Å²) < 4.78 is 28.6. The smallest absolute Gasteiger partial charge is 0.261 e. The Balaban J connectivity index is 2.29. The van der Waals surface area contributed by atoms with Crippen LogP contribution in [0.15, 0.2) is 10.8 Å². The van der Waals surface area contributed by atoms with E-state index in [9.17, 15) is 8.78 Å². The molecule has 0 radical (unpaired) electrons. The van der Waals surface area contributed by atoms with Crippen LogP contribution in [0.4, 0.5) is 14.6 Å². The summed E-state index contributed by atoms with van der Waals surface area (Å²) in [7, 11) is 0. The largest absolute Gasteiger partial charge is 0.374 e. The van der Waals surface area contributed by atoms with Crippen LogP contribution in [-0.2, 0) is 4.74 Å². The van der Waals surface area contributed by atoms with Gasteiger partial charge in [0.2, 0.25) is 0 Å². The molecule has 1 rings (SSSR count). The molecule has 0 aromatic carbocycles. The molecular weight excluding hydrogens is 307 g/mol. The topological polar surface area (TPSA) is 47.0 Å². The van der Waals surface area contributed by atoms with Crippen LogP contribution in [-0.4, -0.2) is 36.2 Å². The lowest BCUT2D eigenvalue weighted by molar-refractivity contribution is 0.0214. The van der Waals surface area contributed by atoms with Crippen LogP contribution in [0.1, 0.15) is 0 Å². The lowest BCUT2D eigenvalue weighted by Gasteiger charge is -2.08. The highest BCUT2D eigenvalue weighted by Crippen LogP contribution is 2.25. The van der Waals surface area contributed by atoms with E-state index in [4.69, 9.17) is 11.6 Å². The Bertz CT molecular complexity index is 343. The van der Waals surface area contributed by atoms with Crippen molar-refractivity contribution in [3.05, 3.63) is 16.0 Å². The van der Waals surface area contributed by atoms with Crippen molar-refractivity contribution < 1.29 is 13.5 Å². The number of hydrogen-bond acceptors (Lipinski definition) is 4. The van der Waals surface area contributed by atoms with Crippen molar-refractivity contribution in [3.63, 3.8) is 0 Å². The third-order valence-electron chi connectivity index (χ3n) is 1.53. The minimum Gasteiger partial charge on any atom is -0.374 e. The van der Waals surface area contributed by atoms with Crippen molar-refractivity contribution in [3.8, 4) is 0 Å². The molecule has 0 aliphatic rings. The molecular formula is C8H9BrClF2N3O. The highest BCUT2D eigenvalue weighted by molar-refractivity contribution is 9.10. The fraction of sp³-hybridized carbons (Fsp3) is 0.500. The number of alkyl halides is 2. The number of ether oxygens (including phenoxy) is 1. The maximum absolute atomic E-state index is 11.7. The second-order valence-corrected chi connectivity index (χ2v) is 3.87. The molecule has 1 aromatic heterocycles. The van der Waals surface area contributed by atoms with Crippen molar-refractivity contribution >= 4 is 33.3 Å². The number of aromatic nitrogens is 2. The van der Waals surface area contributed by atoms with Crippen molar-refractivity contribution in [2.75, 3.05) is 25.1 Å².